The number of carbonyl (C=O) groups is 1. The molecule has 6 heteroatoms. The first-order valence-electron chi connectivity index (χ1n) is 7.04. The average Bonchev–Trinajstić information content (AvgIpc) is 2.89. The van der Waals surface area contributed by atoms with Crippen LogP contribution in [0, 0.1) is 0 Å². The van der Waals surface area contributed by atoms with Crippen molar-refractivity contribution in [3.63, 3.8) is 0 Å². The Morgan fingerprint density at radius 2 is 2.09 bits per heavy atom. The van der Waals surface area contributed by atoms with Gasteiger partial charge in [-0.3, -0.25) is 4.79 Å². The molecular formula is C16H16N2O3S. The minimum atomic E-state index is -0.305. The van der Waals surface area contributed by atoms with Gasteiger partial charge >= 0.3 is 10.7 Å². The van der Waals surface area contributed by atoms with E-state index in [0.29, 0.717) is 22.9 Å². The highest BCUT2D eigenvalue weighted by Gasteiger charge is 2.35. The maximum absolute atomic E-state index is 12.9. The molecular weight excluding hydrogens is 300 g/mol. The summed E-state index contributed by atoms with van der Waals surface area (Å²) in [6, 6.07) is 8.77. The summed E-state index contributed by atoms with van der Waals surface area (Å²) in [4.78, 5) is 24.0. The van der Waals surface area contributed by atoms with E-state index in [0.717, 1.165) is 0 Å². The number of nitrogens with zero attached hydrogens (tertiary/aromatic N) is 2. The highest BCUT2D eigenvalue weighted by molar-refractivity contribution is 7.99. The zero-order valence-electron chi connectivity index (χ0n) is 12.4. The molecule has 1 aliphatic heterocycles. The lowest BCUT2D eigenvalue weighted by atomic mass is 10.1. The molecule has 0 radical (unpaired) electrons. The molecule has 5 nitrogen and oxygen atoms in total. The van der Waals surface area contributed by atoms with Crippen LogP contribution in [0.2, 0.25) is 0 Å². The van der Waals surface area contributed by atoms with Crippen LogP contribution in [0.25, 0.3) is 11.1 Å². The van der Waals surface area contributed by atoms with Gasteiger partial charge in [0, 0.05) is 12.2 Å². The van der Waals surface area contributed by atoms with Gasteiger partial charge in [0.15, 0.2) is 0 Å². The Morgan fingerprint density at radius 3 is 2.73 bits per heavy atom. The first kappa shape index (κ1) is 14.8. The molecule has 0 spiro atoms. The van der Waals surface area contributed by atoms with Gasteiger partial charge in [0.2, 0.25) is 0 Å². The smallest absolute Gasteiger partial charge is 0.345 e. The van der Waals surface area contributed by atoms with Crippen LogP contribution in [0.3, 0.4) is 0 Å². The number of benzene rings is 1. The van der Waals surface area contributed by atoms with Gasteiger partial charge < -0.3 is 5.11 Å². The number of carbonyl (C=O) groups excluding carboxylic acids is 1. The van der Waals surface area contributed by atoms with Crippen LogP contribution in [0.15, 0.2) is 40.3 Å². The molecule has 22 heavy (non-hydrogen) atoms. The number of aromatic nitrogens is 2. The lowest BCUT2D eigenvalue weighted by molar-refractivity contribution is -0.783. The normalized spacial score (nSPS) is 16.5. The summed E-state index contributed by atoms with van der Waals surface area (Å²) in [6.07, 6.45) is 0.312. The molecule has 0 fully saturated rings. The predicted octanol–water partition coefficient (Wildman–Crippen LogP) is 1.04. The fourth-order valence-corrected chi connectivity index (χ4v) is 4.04. The second kappa shape index (κ2) is 5.61. The van der Waals surface area contributed by atoms with Gasteiger partial charge in [-0.05, 0) is 24.2 Å². The van der Waals surface area contributed by atoms with Crippen molar-refractivity contribution in [1.29, 1.82) is 0 Å². The molecule has 0 N–H and O–H groups in total. The largest absolute Gasteiger partial charge is 0.842 e. The number of hydrogen-bond donors (Lipinski definition) is 0. The van der Waals surface area contributed by atoms with Crippen molar-refractivity contribution in [2.24, 2.45) is 7.05 Å². The van der Waals surface area contributed by atoms with Crippen LogP contribution >= 0.6 is 11.8 Å². The molecule has 2 heterocycles. The van der Waals surface area contributed by atoms with Gasteiger partial charge in [-0.25, -0.2) is 9.36 Å². The molecule has 0 amide bonds. The van der Waals surface area contributed by atoms with Crippen molar-refractivity contribution < 1.29 is 14.5 Å². The molecule has 2 aromatic rings. The molecule has 0 bridgehead atoms. The first-order valence-corrected chi connectivity index (χ1v) is 8.02. The van der Waals surface area contributed by atoms with Crippen molar-refractivity contribution in [1.82, 2.24) is 4.57 Å². The number of ketones is 1. The molecule has 114 valence electrons. The van der Waals surface area contributed by atoms with Crippen LogP contribution in [0.4, 0.5) is 0 Å². The Bertz CT molecular complexity index is 799. The third-order valence-electron chi connectivity index (χ3n) is 3.80. The third-order valence-corrected chi connectivity index (χ3v) is 5.08. The Kier molecular flexibility index (Phi) is 3.78. The highest BCUT2D eigenvalue weighted by Crippen LogP contribution is 2.32. The van der Waals surface area contributed by atoms with Crippen LogP contribution in [-0.4, -0.2) is 16.1 Å². The summed E-state index contributed by atoms with van der Waals surface area (Å²) in [5.41, 5.74) is 0.489. The number of hydrogen-bond acceptors (Lipinski definition) is 4. The summed E-state index contributed by atoms with van der Waals surface area (Å²) < 4.78 is 3.12. The van der Waals surface area contributed by atoms with Gasteiger partial charge in [0.25, 0.3) is 0 Å². The predicted molar refractivity (Wildman–Crippen MR) is 81.8 cm³/mol. The standard InChI is InChI=1S/C16H16N2O3S/c1-10(19)8-12-9-22-16-17(2)14(20)13(15(21)18(12)16)11-6-4-3-5-7-11/h3-7,12H,8-9H2,1-2H3. The minimum absolute atomic E-state index is 0.0421. The van der Waals surface area contributed by atoms with E-state index in [1.807, 2.05) is 6.07 Å². The monoisotopic (exact) mass is 316 g/mol. The number of fused-ring (bicyclic) bond motifs is 1. The van der Waals surface area contributed by atoms with Gasteiger partial charge in [0.05, 0.1) is 12.9 Å². The SMILES string of the molecule is CC(=O)CC1CSc2n(C)c(=O)c(-c3ccccc3)c([O-])[n+]21. The van der Waals surface area contributed by atoms with E-state index < -0.39 is 0 Å². The van der Waals surface area contributed by atoms with Gasteiger partial charge in [0.1, 0.15) is 17.4 Å². The number of Topliss-reactive ketones (excluding diaryl/α,β-unsaturated/α-hetero) is 1. The highest BCUT2D eigenvalue weighted by atomic mass is 32.2. The Labute approximate surface area is 132 Å². The number of rotatable bonds is 3. The lowest BCUT2D eigenvalue weighted by Gasteiger charge is -2.18. The van der Waals surface area contributed by atoms with Crippen molar-refractivity contribution in [2.45, 2.75) is 24.5 Å². The Balaban J connectivity index is 2.24. The summed E-state index contributed by atoms with van der Waals surface area (Å²) in [6.45, 7) is 1.52. The first-order chi connectivity index (χ1) is 10.5. The fourth-order valence-electron chi connectivity index (χ4n) is 2.78. The topological polar surface area (TPSA) is 66.0 Å². The van der Waals surface area contributed by atoms with Crippen LogP contribution in [0.1, 0.15) is 19.4 Å². The van der Waals surface area contributed by atoms with E-state index >= 15 is 0 Å². The third kappa shape index (κ3) is 2.33. The Morgan fingerprint density at radius 1 is 1.41 bits per heavy atom. The van der Waals surface area contributed by atoms with E-state index in [1.165, 1.54) is 23.3 Å². The van der Waals surface area contributed by atoms with Gasteiger partial charge in [-0.2, -0.15) is 4.57 Å². The van der Waals surface area contributed by atoms with Crippen LogP contribution in [0.5, 0.6) is 5.88 Å². The lowest BCUT2D eigenvalue weighted by Crippen LogP contribution is -2.47. The van der Waals surface area contributed by atoms with E-state index in [2.05, 4.69) is 0 Å². The fraction of sp³-hybridized carbons (Fsp3) is 0.312. The van der Waals surface area contributed by atoms with E-state index in [9.17, 15) is 14.7 Å². The summed E-state index contributed by atoms with van der Waals surface area (Å²) in [7, 11) is 1.67. The van der Waals surface area contributed by atoms with Gasteiger partial charge in [-0.1, -0.05) is 30.3 Å². The van der Waals surface area contributed by atoms with E-state index in [1.54, 1.807) is 35.9 Å². The van der Waals surface area contributed by atoms with Crippen LogP contribution < -0.4 is 15.2 Å². The van der Waals surface area contributed by atoms with Crippen molar-refractivity contribution in [2.75, 3.05) is 5.75 Å². The molecule has 0 saturated heterocycles. The Hall–Kier alpha value is -2.08. The molecule has 1 unspecified atom stereocenters. The van der Waals surface area contributed by atoms with Crippen LogP contribution in [-0.2, 0) is 11.8 Å². The quantitative estimate of drug-likeness (QED) is 0.627. The summed E-state index contributed by atoms with van der Waals surface area (Å²) >= 11 is 1.45. The molecule has 1 aliphatic rings. The summed E-state index contributed by atoms with van der Waals surface area (Å²) in [5, 5.41) is 13.5. The maximum Gasteiger partial charge on any atom is 0.345 e. The van der Waals surface area contributed by atoms with Gasteiger partial charge in [-0.15, -0.1) is 0 Å². The molecule has 1 aromatic carbocycles. The van der Waals surface area contributed by atoms with Crippen molar-refractivity contribution >= 4 is 17.5 Å². The minimum Gasteiger partial charge on any atom is -0.842 e. The van der Waals surface area contributed by atoms with Crippen molar-refractivity contribution in [3.05, 3.63) is 40.7 Å². The van der Waals surface area contributed by atoms with E-state index in [4.69, 9.17) is 0 Å². The molecule has 1 atom stereocenters. The second-order valence-electron chi connectivity index (χ2n) is 5.43. The average molecular weight is 316 g/mol. The molecule has 0 aliphatic carbocycles. The van der Waals surface area contributed by atoms with Crippen molar-refractivity contribution in [3.8, 4) is 17.0 Å². The summed E-state index contributed by atoms with van der Waals surface area (Å²) in [5.74, 6) is 0.376. The maximum atomic E-state index is 12.9. The second-order valence-corrected chi connectivity index (χ2v) is 6.42. The van der Waals surface area contributed by atoms with E-state index in [-0.39, 0.29) is 28.8 Å². The zero-order chi connectivity index (χ0) is 15.9. The molecule has 1 aromatic heterocycles. The number of thioether (sulfide) groups is 1. The molecule has 3 rings (SSSR count). The zero-order valence-corrected chi connectivity index (χ0v) is 13.2. The molecule has 0 saturated carbocycles.